The van der Waals surface area contributed by atoms with Crippen LogP contribution in [0.4, 0.5) is 10.7 Å². The van der Waals surface area contributed by atoms with Gasteiger partial charge in [-0.3, -0.25) is 4.79 Å². The molecule has 0 unspecified atom stereocenters. The van der Waals surface area contributed by atoms with Gasteiger partial charge in [0, 0.05) is 45.1 Å². The average Bonchev–Trinajstić information content (AvgIpc) is 3.34. The van der Waals surface area contributed by atoms with Crippen LogP contribution in [0, 0.1) is 17.8 Å². The number of piperazine rings is 1. The predicted molar refractivity (Wildman–Crippen MR) is 101 cm³/mol. The van der Waals surface area contributed by atoms with Crippen LogP contribution in [-0.2, 0) is 4.79 Å². The largest absolute Gasteiger partial charge is 0.354 e. The maximum atomic E-state index is 12.3. The number of urea groups is 1. The molecule has 144 valence electrons. The van der Waals surface area contributed by atoms with E-state index in [2.05, 4.69) is 37.7 Å². The highest BCUT2D eigenvalue weighted by Crippen LogP contribution is 2.42. The first-order valence-corrected chi connectivity index (χ1v) is 9.69. The number of carbonyl (C=O) groups excluding carboxylic acids is 2. The number of hydrogen-bond donors (Lipinski definition) is 2. The summed E-state index contributed by atoms with van der Waals surface area (Å²) in [5, 5.41) is 5.69. The summed E-state index contributed by atoms with van der Waals surface area (Å²) in [6.07, 6.45) is 10.4. The third-order valence-electron chi connectivity index (χ3n) is 5.78. The van der Waals surface area contributed by atoms with Crippen LogP contribution in [0.25, 0.3) is 0 Å². The fraction of sp³-hybridized carbons (Fsp3) is 0.579. The molecule has 1 aliphatic heterocycles. The second kappa shape index (κ2) is 7.94. The lowest BCUT2D eigenvalue weighted by atomic mass is 9.94. The van der Waals surface area contributed by atoms with Gasteiger partial charge in [-0.05, 0) is 36.7 Å². The summed E-state index contributed by atoms with van der Waals surface area (Å²) in [4.78, 5) is 36.6. The summed E-state index contributed by atoms with van der Waals surface area (Å²) in [5.74, 6) is 2.44. The normalized spacial score (nSPS) is 26.3. The summed E-state index contributed by atoms with van der Waals surface area (Å²) in [7, 11) is 0. The van der Waals surface area contributed by atoms with E-state index in [1.54, 1.807) is 23.4 Å². The fourth-order valence-corrected chi connectivity index (χ4v) is 4.27. The minimum Gasteiger partial charge on any atom is -0.354 e. The highest BCUT2D eigenvalue weighted by Gasteiger charge is 2.35. The summed E-state index contributed by atoms with van der Waals surface area (Å²) in [6.45, 7) is 3.27. The van der Waals surface area contributed by atoms with Crippen LogP contribution < -0.4 is 15.5 Å². The maximum Gasteiger partial charge on any atom is 0.317 e. The van der Waals surface area contributed by atoms with Crippen molar-refractivity contribution in [2.24, 2.45) is 17.8 Å². The van der Waals surface area contributed by atoms with Gasteiger partial charge >= 0.3 is 6.03 Å². The molecule has 0 aromatic carbocycles. The Balaban J connectivity index is 1.14. The molecule has 1 aromatic rings. The number of nitrogens with zero attached hydrogens (tertiary/aromatic N) is 4. The number of fused-ring (bicyclic) bond motifs is 2. The van der Waals surface area contributed by atoms with Gasteiger partial charge in [-0.25, -0.2) is 14.8 Å². The van der Waals surface area contributed by atoms with Crippen molar-refractivity contribution in [3.05, 3.63) is 30.6 Å². The summed E-state index contributed by atoms with van der Waals surface area (Å²) in [6, 6.07) is 1.59. The highest BCUT2D eigenvalue weighted by molar-refractivity contribution is 5.84. The van der Waals surface area contributed by atoms with Crippen LogP contribution in [0.3, 0.4) is 0 Å². The van der Waals surface area contributed by atoms with E-state index >= 15 is 0 Å². The van der Waals surface area contributed by atoms with E-state index in [1.165, 1.54) is 12.8 Å². The fourth-order valence-electron chi connectivity index (χ4n) is 4.27. The quantitative estimate of drug-likeness (QED) is 0.742. The summed E-state index contributed by atoms with van der Waals surface area (Å²) < 4.78 is 0. The molecule has 8 heteroatoms. The number of anilines is 1. The zero-order chi connectivity index (χ0) is 18.6. The second-order valence-electron chi connectivity index (χ2n) is 7.53. The van der Waals surface area contributed by atoms with E-state index in [4.69, 9.17) is 0 Å². The molecule has 2 bridgehead atoms. The van der Waals surface area contributed by atoms with Crippen molar-refractivity contribution >= 4 is 17.9 Å². The predicted octanol–water partition coefficient (Wildman–Crippen LogP) is 0.637. The molecular formula is C19H26N6O2. The van der Waals surface area contributed by atoms with Crippen molar-refractivity contribution in [2.75, 3.05) is 44.2 Å². The molecule has 1 saturated carbocycles. The van der Waals surface area contributed by atoms with E-state index in [1.807, 2.05) is 0 Å². The third kappa shape index (κ3) is 4.20. The number of allylic oxidation sites excluding steroid dienone is 2. The van der Waals surface area contributed by atoms with E-state index in [9.17, 15) is 9.59 Å². The number of carbonyl (C=O) groups is 2. The van der Waals surface area contributed by atoms with Crippen molar-refractivity contribution in [3.63, 3.8) is 0 Å². The lowest BCUT2D eigenvalue weighted by molar-refractivity contribution is -0.120. The van der Waals surface area contributed by atoms with Gasteiger partial charge in [0.1, 0.15) is 0 Å². The molecule has 3 aliphatic rings. The monoisotopic (exact) mass is 370 g/mol. The molecule has 1 aromatic heterocycles. The smallest absolute Gasteiger partial charge is 0.317 e. The van der Waals surface area contributed by atoms with Crippen molar-refractivity contribution in [2.45, 2.75) is 12.8 Å². The second-order valence-corrected chi connectivity index (χ2v) is 7.53. The molecule has 2 heterocycles. The minimum absolute atomic E-state index is 0.0253. The molecule has 1 saturated heterocycles. The summed E-state index contributed by atoms with van der Waals surface area (Å²) in [5.41, 5.74) is 0. The van der Waals surface area contributed by atoms with Gasteiger partial charge < -0.3 is 20.4 Å². The minimum atomic E-state index is -0.193. The Kier molecular flexibility index (Phi) is 5.22. The van der Waals surface area contributed by atoms with Crippen LogP contribution >= 0.6 is 0 Å². The Hall–Kier alpha value is -2.64. The standard InChI is InChI=1S/C19H26N6O2/c26-17(22-12-16-11-14-2-3-15(16)10-14)13-23-19(27)25-8-6-24(7-9-25)18-20-4-1-5-21-18/h1-5,14-16H,6-13H2,(H,22,26)(H,23,27)/t14-,15-,16-/m0/s1. The number of nitrogens with one attached hydrogen (secondary N) is 2. The first-order chi connectivity index (χ1) is 13.2. The zero-order valence-electron chi connectivity index (χ0n) is 15.4. The highest BCUT2D eigenvalue weighted by atomic mass is 16.2. The van der Waals surface area contributed by atoms with Crippen molar-refractivity contribution in [1.82, 2.24) is 25.5 Å². The van der Waals surface area contributed by atoms with Crippen molar-refractivity contribution in [1.29, 1.82) is 0 Å². The van der Waals surface area contributed by atoms with Gasteiger partial charge in [0.25, 0.3) is 0 Å². The van der Waals surface area contributed by atoms with Gasteiger partial charge in [0.2, 0.25) is 11.9 Å². The van der Waals surface area contributed by atoms with Gasteiger partial charge in [-0.15, -0.1) is 0 Å². The molecule has 0 radical (unpaired) electrons. The molecule has 2 fully saturated rings. The first-order valence-electron chi connectivity index (χ1n) is 9.69. The first kappa shape index (κ1) is 17.8. The van der Waals surface area contributed by atoms with E-state index in [-0.39, 0.29) is 18.5 Å². The van der Waals surface area contributed by atoms with Crippen molar-refractivity contribution in [3.8, 4) is 0 Å². The van der Waals surface area contributed by atoms with Crippen LogP contribution in [0.15, 0.2) is 30.6 Å². The third-order valence-corrected chi connectivity index (χ3v) is 5.78. The van der Waals surface area contributed by atoms with Gasteiger partial charge in [0.05, 0.1) is 6.54 Å². The van der Waals surface area contributed by atoms with Crippen molar-refractivity contribution < 1.29 is 9.59 Å². The molecule has 4 rings (SSSR count). The average molecular weight is 370 g/mol. The maximum absolute atomic E-state index is 12.3. The van der Waals surface area contributed by atoms with E-state index in [0.29, 0.717) is 56.4 Å². The molecule has 27 heavy (non-hydrogen) atoms. The molecular weight excluding hydrogens is 344 g/mol. The Morgan fingerprint density at radius 1 is 1.04 bits per heavy atom. The van der Waals surface area contributed by atoms with Gasteiger partial charge in [0.15, 0.2) is 0 Å². The zero-order valence-corrected chi connectivity index (χ0v) is 15.4. The van der Waals surface area contributed by atoms with E-state index < -0.39 is 0 Å². The van der Waals surface area contributed by atoms with Gasteiger partial charge in [-0.2, -0.15) is 0 Å². The molecule has 8 nitrogen and oxygen atoms in total. The Morgan fingerprint density at radius 3 is 2.48 bits per heavy atom. The lowest BCUT2D eigenvalue weighted by Crippen LogP contribution is -2.53. The van der Waals surface area contributed by atoms with Crippen LogP contribution in [0.5, 0.6) is 0 Å². The van der Waals surface area contributed by atoms with E-state index in [0.717, 1.165) is 0 Å². The number of aromatic nitrogens is 2. The molecule has 2 N–H and O–H groups in total. The Morgan fingerprint density at radius 2 is 1.81 bits per heavy atom. The van der Waals surface area contributed by atoms with Crippen LogP contribution in [0.2, 0.25) is 0 Å². The topological polar surface area (TPSA) is 90.5 Å². The molecule has 0 spiro atoms. The van der Waals surface area contributed by atoms with Crippen LogP contribution in [0.1, 0.15) is 12.8 Å². The number of rotatable bonds is 5. The molecule has 3 amide bonds. The molecule has 2 aliphatic carbocycles. The number of hydrogen-bond acceptors (Lipinski definition) is 5. The number of amides is 3. The summed E-state index contributed by atoms with van der Waals surface area (Å²) >= 11 is 0. The molecule has 3 atom stereocenters. The Labute approximate surface area is 159 Å². The van der Waals surface area contributed by atoms with Gasteiger partial charge in [-0.1, -0.05) is 12.2 Å². The SMILES string of the molecule is O=C(CNC(=O)N1CCN(c2ncccn2)CC1)NC[C@@H]1C[C@H]2C=C[C@H]1C2. The van der Waals surface area contributed by atoms with Crippen LogP contribution in [-0.4, -0.2) is 66.1 Å². The lowest BCUT2D eigenvalue weighted by Gasteiger charge is -2.34. The Bertz CT molecular complexity index is 701.